The molecule has 0 aromatic heterocycles. The Hall–Kier alpha value is -2.22. The summed E-state index contributed by atoms with van der Waals surface area (Å²) in [6.07, 6.45) is 0.403. The van der Waals surface area contributed by atoms with Crippen LogP contribution in [0.5, 0.6) is 5.75 Å². The van der Waals surface area contributed by atoms with Crippen LogP contribution in [0.15, 0.2) is 24.3 Å². The number of carbonyl (C=O) groups is 3. The Bertz CT molecular complexity index is 702. The van der Waals surface area contributed by atoms with Crippen molar-refractivity contribution in [1.29, 1.82) is 0 Å². The molecule has 0 saturated carbocycles. The molecule has 8 heteroatoms. The summed E-state index contributed by atoms with van der Waals surface area (Å²) in [4.78, 5) is 37.3. The number of nitrogens with one attached hydrogen (secondary N) is 1. The minimum absolute atomic E-state index is 0.00304. The summed E-state index contributed by atoms with van der Waals surface area (Å²) in [5, 5.41) is 11.5. The van der Waals surface area contributed by atoms with Crippen LogP contribution in [0.2, 0.25) is 0 Å². The van der Waals surface area contributed by atoms with Crippen molar-refractivity contribution in [2.75, 3.05) is 18.2 Å². The molecule has 1 aliphatic heterocycles. The largest absolute Gasteiger partial charge is 0.482 e. The lowest BCUT2D eigenvalue weighted by Gasteiger charge is -2.26. The maximum Gasteiger partial charge on any atom is 0.341 e. The average molecular weight is 394 g/mol. The number of carbonyl (C=O) groups excluding carboxylic acids is 2. The van der Waals surface area contributed by atoms with Gasteiger partial charge in [0.05, 0.1) is 5.88 Å². The van der Waals surface area contributed by atoms with Crippen molar-refractivity contribution in [2.24, 2.45) is 5.41 Å². The van der Waals surface area contributed by atoms with E-state index in [0.29, 0.717) is 23.8 Å². The first-order valence-corrected chi connectivity index (χ1v) is 9.89. The number of nitrogens with zero attached hydrogens (tertiary/aromatic N) is 1. The molecule has 2 N–H and O–H groups in total. The van der Waals surface area contributed by atoms with Crippen LogP contribution in [0.3, 0.4) is 0 Å². The average Bonchev–Trinajstić information content (AvgIpc) is 3.07. The Morgan fingerprint density at radius 2 is 2.07 bits per heavy atom. The topological polar surface area (TPSA) is 95.9 Å². The van der Waals surface area contributed by atoms with Gasteiger partial charge in [0.1, 0.15) is 11.8 Å². The first-order valence-electron chi connectivity index (χ1n) is 8.74. The highest BCUT2D eigenvalue weighted by molar-refractivity contribution is 7.99. The van der Waals surface area contributed by atoms with Gasteiger partial charge in [-0.1, -0.05) is 32.9 Å². The normalized spacial score (nSPS) is 16.9. The van der Waals surface area contributed by atoms with Crippen LogP contribution in [-0.4, -0.2) is 52.1 Å². The van der Waals surface area contributed by atoms with Gasteiger partial charge >= 0.3 is 5.97 Å². The molecule has 0 aliphatic carbocycles. The van der Waals surface area contributed by atoms with Gasteiger partial charge in [-0.3, -0.25) is 9.59 Å². The third-order valence-electron chi connectivity index (χ3n) is 3.91. The molecule has 2 rings (SSSR count). The van der Waals surface area contributed by atoms with Crippen molar-refractivity contribution in [3.8, 4) is 5.75 Å². The van der Waals surface area contributed by atoms with E-state index in [0.717, 1.165) is 5.56 Å². The highest BCUT2D eigenvalue weighted by Gasteiger charge is 2.35. The van der Waals surface area contributed by atoms with Gasteiger partial charge < -0.3 is 20.1 Å². The molecule has 1 atom stereocenters. The molecule has 27 heavy (non-hydrogen) atoms. The molecule has 1 unspecified atom stereocenters. The van der Waals surface area contributed by atoms with Crippen molar-refractivity contribution < 1.29 is 24.2 Å². The van der Waals surface area contributed by atoms with Crippen molar-refractivity contribution in [1.82, 2.24) is 10.2 Å². The highest BCUT2D eigenvalue weighted by atomic mass is 32.2. The molecule has 1 aliphatic rings. The van der Waals surface area contributed by atoms with Crippen molar-refractivity contribution in [2.45, 2.75) is 39.8 Å². The lowest BCUT2D eigenvalue weighted by Crippen LogP contribution is -2.47. The van der Waals surface area contributed by atoms with Gasteiger partial charge in [0.2, 0.25) is 11.8 Å². The quantitative estimate of drug-likeness (QED) is 0.735. The smallest absolute Gasteiger partial charge is 0.341 e. The summed E-state index contributed by atoms with van der Waals surface area (Å²) >= 11 is 1.58. The summed E-state index contributed by atoms with van der Waals surface area (Å²) < 4.78 is 5.14. The molecule has 1 aromatic carbocycles. The van der Waals surface area contributed by atoms with Gasteiger partial charge in [-0.25, -0.2) is 4.79 Å². The van der Waals surface area contributed by atoms with Crippen LogP contribution >= 0.6 is 11.8 Å². The maximum atomic E-state index is 12.6. The van der Waals surface area contributed by atoms with Crippen molar-refractivity contribution >= 4 is 29.5 Å². The van der Waals surface area contributed by atoms with E-state index in [-0.39, 0.29) is 23.8 Å². The minimum Gasteiger partial charge on any atom is -0.482 e. The zero-order chi connectivity index (χ0) is 20.0. The van der Waals surface area contributed by atoms with E-state index >= 15 is 0 Å². The number of ether oxygens (including phenoxy) is 1. The van der Waals surface area contributed by atoms with Crippen LogP contribution in [0, 0.1) is 5.41 Å². The SMILES string of the molecule is CC(C)(C)CC(=O)N1CSCC1C(=O)NCc1cccc(OCC(=O)O)c1. The van der Waals surface area contributed by atoms with Gasteiger partial charge in [-0.2, -0.15) is 0 Å². The summed E-state index contributed by atoms with van der Waals surface area (Å²) in [5.74, 6) is 0.320. The van der Waals surface area contributed by atoms with E-state index in [1.807, 2.05) is 26.8 Å². The molecular formula is C19H26N2O5S. The Morgan fingerprint density at radius 3 is 2.74 bits per heavy atom. The zero-order valence-electron chi connectivity index (χ0n) is 15.9. The number of carboxylic acid groups (broad SMARTS) is 1. The fraction of sp³-hybridized carbons (Fsp3) is 0.526. The molecular weight excluding hydrogens is 368 g/mol. The van der Waals surface area contributed by atoms with Crippen molar-refractivity contribution in [3.05, 3.63) is 29.8 Å². The molecule has 0 radical (unpaired) electrons. The summed E-state index contributed by atoms with van der Waals surface area (Å²) in [6, 6.07) is 6.45. The van der Waals surface area contributed by atoms with Gasteiger partial charge in [-0.15, -0.1) is 11.8 Å². The third-order valence-corrected chi connectivity index (χ3v) is 4.93. The maximum absolute atomic E-state index is 12.6. The number of thioether (sulfide) groups is 1. The number of hydrogen-bond acceptors (Lipinski definition) is 5. The van der Waals surface area contributed by atoms with Crippen LogP contribution in [0.25, 0.3) is 0 Å². The second-order valence-corrected chi connectivity index (χ2v) is 8.66. The molecule has 148 valence electrons. The number of amides is 2. The monoisotopic (exact) mass is 394 g/mol. The number of carboxylic acids is 1. The Morgan fingerprint density at radius 1 is 1.33 bits per heavy atom. The van der Waals surface area contributed by atoms with E-state index in [4.69, 9.17) is 9.84 Å². The number of benzene rings is 1. The minimum atomic E-state index is -1.05. The van der Waals surface area contributed by atoms with Crippen LogP contribution in [0.4, 0.5) is 0 Å². The Kier molecular flexibility index (Phi) is 7.12. The van der Waals surface area contributed by atoms with Crippen molar-refractivity contribution in [3.63, 3.8) is 0 Å². The van der Waals surface area contributed by atoms with E-state index < -0.39 is 18.6 Å². The third kappa shape index (κ3) is 6.78. The van der Waals surface area contributed by atoms with E-state index in [2.05, 4.69) is 5.32 Å². The first-order chi connectivity index (χ1) is 12.7. The zero-order valence-corrected chi connectivity index (χ0v) is 16.7. The van der Waals surface area contributed by atoms with Gasteiger partial charge in [-0.05, 0) is 23.1 Å². The molecule has 0 bridgehead atoms. The predicted octanol–water partition coefficient (Wildman–Crippen LogP) is 2.10. The molecule has 1 saturated heterocycles. The highest BCUT2D eigenvalue weighted by Crippen LogP contribution is 2.26. The van der Waals surface area contributed by atoms with Crippen LogP contribution in [-0.2, 0) is 20.9 Å². The van der Waals surface area contributed by atoms with E-state index in [9.17, 15) is 14.4 Å². The number of aliphatic carboxylic acids is 1. The van der Waals surface area contributed by atoms with E-state index in [1.54, 1.807) is 34.9 Å². The number of rotatable bonds is 7. The Balaban J connectivity index is 1.92. The molecule has 2 amide bonds. The van der Waals surface area contributed by atoms with Gasteiger partial charge in [0.15, 0.2) is 6.61 Å². The fourth-order valence-electron chi connectivity index (χ4n) is 2.66. The molecule has 7 nitrogen and oxygen atoms in total. The Labute approximate surface area is 163 Å². The standard InChI is InChI=1S/C19H26N2O5S/c1-19(2,3)8-16(22)21-12-27-11-15(21)18(25)20-9-13-5-4-6-14(7-13)26-10-17(23)24/h4-7,15H,8-12H2,1-3H3,(H,20,25)(H,23,24). The van der Waals surface area contributed by atoms with Crippen LogP contribution in [0.1, 0.15) is 32.8 Å². The lowest BCUT2D eigenvalue weighted by atomic mass is 9.91. The van der Waals surface area contributed by atoms with Crippen LogP contribution < -0.4 is 10.1 Å². The summed E-state index contributed by atoms with van der Waals surface area (Å²) in [5.41, 5.74) is 0.673. The fourth-order valence-corrected chi connectivity index (χ4v) is 3.84. The second-order valence-electron chi connectivity index (χ2n) is 7.66. The summed E-state index contributed by atoms with van der Waals surface area (Å²) in [6.45, 7) is 5.87. The summed E-state index contributed by atoms with van der Waals surface area (Å²) in [7, 11) is 0. The van der Waals surface area contributed by atoms with E-state index in [1.165, 1.54) is 0 Å². The lowest BCUT2D eigenvalue weighted by molar-refractivity contribution is -0.139. The van der Waals surface area contributed by atoms with Gasteiger partial charge in [0, 0.05) is 18.7 Å². The van der Waals surface area contributed by atoms with Gasteiger partial charge in [0.25, 0.3) is 0 Å². The number of hydrogen-bond donors (Lipinski definition) is 2. The molecule has 1 fully saturated rings. The predicted molar refractivity (Wildman–Crippen MR) is 103 cm³/mol. The second kappa shape index (κ2) is 9.12. The first kappa shape index (κ1) is 21.1. The molecule has 1 heterocycles. The molecule has 0 spiro atoms. The molecule has 1 aromatic rings.